The first-order valence-corrected chi connectivity index (χ1v) is 13.0. The van der Waals surface area contributed by atoms with Crippen LogP contribution in [0.15, 0.2) is 24.3 Å². The van der Waals surface area contributed by atoms with Gasteiger partial charge in [-0.3, -0.25) is 14.4 Å². The molecule has 1 heterocycles. The van der Waals surface area contributed by atoms with Crippen molar-refractivity contribution < 1.29 is 38.1 Å². The van der Waals surface area contributed by atoms with Gasteiger partial charge in [-0.05, 0) is 38.5 Å². The topological polar surface area (TPSA) is 108 Å². The third-order valence-electron chi connectivity index (χ3n) is 5.80. The summed E-state index contributed by atoms with van der Waals surface area (Å²) in [6, 6.07) is 7.10. The van der Waals surface area contributed by atoms with E-state index in [0.717, 1.165) is 5.56 Å². The molecular weight excluding hydrogens is 486 g/mol. The summed E-state index contributed by atoms with van der Waals surface area (Å²) in [6.45, 7) is 11.0. The molecule has 0 radical (unpaired) electrons. The zero-order valence-corrected chi connectivity index (χ0v) is 22.9. The van der Waals surface area contributed by atoms with Crippen molar-refractivity contribution in [2.75, 3.05) is 32.7 Å². The smallest absolute Gasteiger partial charge is 0.333 e. The van der Waals surface area contributed by atoms with Gasteiger partial charge in [-0.1, -0.05) is 32.9 Å². The van der Waals surface area contributed by atoms with Crippen molar-refractivity contribution in [1.29, 1.82) is 0 Å². The SMILES string of the molecule is CCOC(=O)C(C(=O)OCC)[C@H]1C(=O)N(Cc2ccc(OC)cc2)[C@]1(CSC(C)(C)C)C(=O)OCC. The molecule has 9 nitrogen and oxygen atoms in total. The summed E-state index contributed by atoms with van der Waals surface area (Å²) < 4.78 is 20.7. The molecule has 1 amide bonds. The molecule has 0 unspecified atom stereocenters. The van der Waals surface area contributed by atoms with E-state index in [1.807, 2.05) is 20.8 Å². The van der Waals surface area contributed by atoms with Crippen LogP contribution in [0.25, 0.3) is 0 Å². The lowest BCUT2D eigenvalue weighted by Gasteiger charge is -2.56. The first-order valence-electron chi connectivity index (χ1n) is 12.1. The molecule has 1 aromatic carbocycles. The van der Waals surface area contributed by atoms with Gasteiger partial charge in [0.05, 0.1) is 32.8 Å². The molecule has 1 aromatic rings. The number of hydrogen-bond acceptors (Lipinski definition) is 9. The number of esters is 3. The number of amides is 1. The van der Waals surface area contributed by atoms with Crippen LogP contribution in [0.1, 0.15) is 47.1 Å². The van der Waals surface area contributed by atoms with Crippen LogP contribution in [0.4, 0.5) is 0 Å². The minimum Gasteiger partial charge on any atom is -0.497 e. The molecule has 1 fully saturated rings. The molecule has 0 bridgehead atoms. The zero-order chi connectivity index (χ0) is 27.1. The van der Waals surface area contributed by atoms with Gasteiger partial charge in [-0.15, -0.1) is 0 Å². The fourth-order valence-electron chi connectivity index (χ4n) is 4.10. The van der Waals surface area contributed by atoms with Crippen molar-refractivity contribution in [3.05, 3.63) is 29.8 Å². The lowest BCUT2D eigenvalue weighted by molar-refractivity contribution is -0.201. The Labute approximate surface area is 217 Å². The van der Waals surface area contributed by atoms with Crippen LogP contribution in [0.5, 0.6) is 5.75 Å². The number of ether oxygens (including phenoxy) is 4. The van der Waals surface area contributed by atoms with E-state index < -0.39 is 41.2 Å². The Morgan fingerprint density at radius 2 is 1.50 bits per heavy atom. The number of likely N-dealkylation sites (tertiary alicyclic amines) is 1. The van der Waals surface area contributed by atoms with E-state index in [0.29, 0.717) is 5.75 Å². The molecule has 2 rings (SSSR count). The number of carbonyl (C=O) groups is 4. The maximum absolute atomic E-state index is 13.7. The Bertz CT molecular complexity index is 924. The highest BCUT2D eigenvalue weighted by Crippen LogP contribution is 2.49. The van der Waals surface area contributed by atoms with Crippen molar-refractivity contribution >= 4 is 35.6 Å². The average Bonchev–Trinajstić information content (AvgIpc) is 2.82. The molecule has 36 heavy (non-hydrogen) atoms. The number of hydrogen-bond donors (Lipinski definition) is 0. The third kappa shape index (κ3) is 6.32. The molecule has 0 aromatic heterocycles. The fourth-order valence-corrected chi connectivity index (χ4v) is 5.21. The number of thioether (sulfide) groups is 1. The van der Waals surface area contributed by atoms with Crippen molar-refractivity contribution in [2.45, 2.75) is 58.4 Å². The summed E-state index contributed by atoms with van der Waals surface area (Å²) in [4.78, 5) is 54.7. The first kappa shape index (κ1) is 29.5. The predicted molar refractivity (Wildman–Crippen MR) is 135 cm³/mol. The summed E-state index contributed by atoms with van der Waals surface area (Å²) in [5.41, 5.74) is -0.823. The molecule has 1 saturated heterocycles. The van der Waals surface area contributed by atoms with Crippen LogP contribution in [0.3, 0.4) is 0 Å². The van der Waals surface area contributed by atoms with Gasteiger partial charge in [0, 0.05) is 17.0 Å². The zero-order valence-electron chi connectivity index (χ0n) is 22.1. The Morgan fingerprint density at radius 3 is 1.94 bits per heavy atom. The van der Waals surface area contributed by atoms with Crippen LogP contribution in [0.2, 0.25) is 0 Å². The highest BCUT2D eigenvalue weighted by Gasteiger charge is 2.70. The summed E-state index contributed by atoms with van der Waals surface area (Å²) in [7, 11) is 1.55. The fraction of sp³-hybridized carbons (Fsp3) is 0.615. The highest BCUT2D eigenvalue weighted by atomic mass is 32.2. The van der Waals surface area contributed by atoms with Crippen LogP contribution < -0.4 is 4.74 Å². The van der Waals surface area contributed by atoms with Crippen LogP contribution in [-0.4, -0.2) is 71.7 Å². The number of methoxy groups -OCH3 is 1. The van der Waals surface area contributed by atoms with Crippen LogP contribution in [-0.2, 0) is 39.9 Å². The van der Waals surface area contributed by atoms with Gasteiger partial charge in [-0.25, -0.2) is 4.79 Å². The average molecular weight is 524 g/mol. The molecule has 1 aliphatic heterocycles. The minimum absolute atomic E-state index is 0.00829. The van der Waals surface area contributed by atoms with E-state index in [9.17, 15) is 19.2 Å². The number of carbonyl (C=O) groups excluding carboxylic acids is 4. The monoisotopic (exact) mass is 523 g/mol. The number of β-lactam (4-membered cyclic amide) rings is 1. The van der Waals surface area contributed by atoms with E-state index in [1.54, 1.807) is 52.1 Å². The molecule has 0 aliphatic carbocycles. The second kappa shape index (κ2) is 12.5. The Hall–Kier alpha value is -2.75. The number of nitrogens with zero attached hydrogens (tertiary/aromatic N) is 1. The van der Waals surface area contributed by atoms with E-state index in [-0.39, 0.29) is 36.9 Å². The molecule has 1 aliphatic rings. The molecule has 2 atom stereocenters. The number of rotatable bonds is 12. The normalized spacial score (nSPS) is 19.5. The molecular formula is C26H37NO8S. The Kier molecular flexibility index (Phi) is 10.2. The summed E-state index contributed by atoms with van der Waals surface area (Å²) in [5.74, 6) is -5.11. The standard InChI is InChI=1S/C26H37NO8S/c1-8-33-22(29)19(23(30)34-9-2)20-21(28)27(15-17-11-13-18(32-7)14-12-17)26(20,24(31)35-10-3)16-36-25(4,5)6/h11-14,19-20H,8-10,15-16H2,1-7H3/t20-,26-/m0/s1. The van der Waals surface area contributed by atoms with Crippen molar-refractivity contribution in [3.8, 4) is 5.75 Å². The van der Waals surface area contributed by atoms with Gasteiger partial charge in [0.25, 0.3) is 0 Å². The Morgan fingerprint density at radius 1 is 0.972 bits per heavy atom. The maximum Gasteiger partial charge on any atom is 0.333 e. The predicted octanol–water partition coefficient (Wildman–Crippen LogP) is 3.23. The van der Waals surface area contributed by atoms with Gasteiger partial charge < -0.3 is 23.8 Å². The second-order valence-corrected chi connectivity index (χ2v) is 11.1. The molecule has 0 saturated carbocycles. The van der Waals surface area contributed by atoms with Gasteiger partial charge in [0.15, 0.2) is 11.5 Å². The molecule has 0 N–H and O–H groups in total. The van der Waals surface area contributed by atoms with Crippen molar-refractivity contribution in [2.24, 2.45) is 11.8 Å². The third-order valence-corrected chi connectivity index (χ3v) is 7.25. The summed E-state index contributed by atoms with van der Waals surface area (Å²) >= 11 is 1.45. The second-order valence-electron chi connectivity index (χ2n) is 9.28. The van der Waals surface area contributed by atoms with Crippen molar-refractivity contribution in [1.82, 2.24) is 4.90 Å². The maximum atomic E-state index is 13.7. The highest BCUT2D eigenvalue weighted by molar-refractivity contribution is 8.00. The first-order chi connectivity index (χ1) is 17.0. The van der Waals surface area contributed by atoms with Crippen LogP contribution >= 0.6 is 11.8 Å². The van der Waals surface area contributed by atoms with E-state index in [4.69, 9.17) is 18.9 Å². The van der Waals surface area contributed by atoms with Gasteiger partial charge in [-0.2, -0.15) is 11.8 Å². The molecule has 200 valence electrons. The van der Waals surface area contributed by atoms with E-state index in [1.165, 1.54) is 16.7 Å². The molecule has 10 heteroatoms. The van der Waals surface area contributed by atoms with E-state index in [2.05, 4.69) is 0 Å². The Balaban J connectivity index is 2.63. The summed E-state index contributed by atoms with van der Waals surface area (Å²) in [6.07, 6.45) is 0. The van der Waals surface area contributed by atoms with Crippen LogP contribution in [0, 0.1) is 11.8 Å². The van der Waals surface area contributed by atoms with Crippen molar-refractivity contribution in [3.63, 3.8) is 0 Å². The lowest BCUT2D eigenvalue weighted by Crippen LogP contribution is -2.78. The largest absolute Gasteiger partial charge is 0.497 e. The van der Waals surface area contributed by atoms with Gasteiger partial charge in [0.2, 0.25) is 5.91 Å². The minimum atomic E-state index is -1.59. The summed E-state index contributed by atoms with van der Waals surface area (Å²) in [5, 5.41) is 0. The van der Waals surface area contributed by atoms with Gasteiger partial charge in [0.1, 0.15) is 5.75 Å². The van der Waals surface area contributed by atoms with E-state index >= 15 is 0 Å². The quantitative estimate of drug-likeness (QED) is 0.177. The van der Waals surface area contributed by atoms with Gasteiger partial charge >= 0.3 is 17.9 Å². The lowest BCUT2D eigenvalue weighted by atomic mass is 9.67. The number of benzene rings is 1. The molecule has 0 spiro atoms.